The molecule has 9 nitrogen and oxygen atoms in total. The summed E-state index contributed by atoms with van der Waals surface area (Å²) in [6.07, 6.45) is 64.5. The van der Waals surface area contributed by atoms with Gasteiger partial charge in [0.05, 0.1) is 25.4 Å². The molecule has 420 valence electrons. The van der Waals surface area contributed by atoms with E-state index in [0.29, 0.717) is 6.42 Å². The van der Waals surface area contributed by atoms with Crippen molar-refractivity contribution in [3.8, 4) is 0 Å². The number of allylic oxidation sites excluding steroid dienone is 9. The number of carbonyl (C=O) groups excluding carboxylic acids is 1. The quantitative estimate of drug-likeness (QED) is 0.0261. The van der Waals surface area contributed by atoms with Crippen molar-refractivity contribution in [2.75, 3.05) is 13.2 Å². The van der Waals surface area contributed by atoms with Gasteiger partial charge in [-0.2, -0.15) is 0 Å². The minimum absolute atomic E-state index is 0.198. The van der Waals surface area contributed by atoms with Crippen molar-refractivity contribution in [2.45, 2.75) is 320 Å². The van der Waals surface area contributed by atoms with Crippen LogP contribution in [0.15, 0.2) is 60.8 Å². The summed E-state index contributed by atoms with van der Waals surface area (Å²) in [4.78, 5) is 13.0. The molecule has 0 aromatic carbocycles. The molecule has 1 aliphatic rings. The topological polar surface area (TPSA) is 149 Å². The Morgan fingerprint density at radius 3 is 1.26 bits per heavy atom. The van der Waals surface area contributed by atoms with E-state index < -0.39 is 49.5 Å². The van der Waals surface area contributed by atoms with Crippen molar-refractivity contribution in [1.82, 2.24) is 5.32 Å². The molecule has 0 aliphatic carbocycles. The molecule has 0 aromatic heterocycles. The monoisotopic (exact) mass is 1010 g/mol. The van der Waals surface area contributed by atoms with Gasteiger partial charge in [0.25, 0.3) is 0 Å². The van der Waals surface area contributed by atoms with E-state index in [4.69, 9.17) is 9.47 Å². The number of aliphatic hydroxyl groups is 5. The number of aliphatic hydroxyl groups excluding tert-OH is 5. The lowest BCUT2D eigenvalue weighted by Crippen LogP contribution is -2.60. The van der Waals surface area contributed by atoms with E-state index in [-0.39, 0.29) is 12.5 Å². The first-order valence-corrected chi connectivity index (χ1v) is 30.5. The van der Waals surface area contributed by atoms with Gasteiger partial charge in [0.15, 0.2) is 6.29 Å². The Labute approximate surface area is 443 Å². The second-order valence-electron chi connectivity index (χ2n) is 21.1. The molecule has 7 atom stereocenters. The fourth-order valence-electron chi connectivity index (χ4n) is 9.46. The summed E-state index contributed by atoms with van der Waals surface area (Å²) in [5.41, 5.74) is 0. The summed E-state index contributed by atoms with van der Waals surface area (Å²) in [6, 6.07) is -0.836. The number of amides is 1. The minimum atomic E-state index is -1.58. The third-order valence-corrected chi connectivity index (χ3v) is 14.3. The Hall–Kier alpha value is -2.11. The molecular formula is C63H115NO8. The van der Waals surface area contributed by atoms with E-state index in [2.05, 4.69) is 67.8 Å². The largest absolute Gasteiger partial charge is 0.394 e. The van der Waals surface area contributed by atoms with Crippen LogP contribution in [0.3, 0.4) is 0 Å². The van der Waals surface area contributed by atoms with Gasteiger partial charge in [0.2, 0.25) is 5.91 Å². The fourth-order valence-corrected chi connectivity index (χ4v) is 9.46. The summed E-state index contributed by atoms with van der Waals surface area (Å²) < 4.78 is 11.3. The van der Waals surface area contributed by atoms with Crippen molar-refractivity contribution < 1.29 is 39.8 Å². The molecule has 0 aromatic rings. The maximum atomic E-state index is 13.0. The highest BCUT2D eigenvalue weighted by atomic mass is 16.7. The Morgan fingerprint density at radius 1 is 0.472 bits per heavy atom. The lowest BCUT2D eigenvalue weighted by molar-refractivity contribution is -0.302. The highest BCUT2D eigenvalue weighted by Crippen LogP contribution is 2.23. The van der Waals surface area contributed by atoms with Gasteiger partial charge in [-0.25, -0.2) is 0 Å². The highest BCUT2D eigenvalue weighted by Gasteiger charge is 2.44. The van der Waals surface area contributed by atoms with Crippen LogP contribution in [0.1, 0.15) is 277 Å². The van der Waals surface area contributed by atoms with Gasteiger partial charge < -0.3 is 40.3 Å². The van der Waals surface area contributed by atoms with Crippen LogP contribution in [0.2, 0.25) is 0 Å². The van der Waals surface area contributed by atoms with Crippen LogP contribution in [-0.4, -0.2) is 87.5 Å². The van der Waals surface area contributed by atoms with Gasteiger partial charge in [-0.1, -0.05) is 254 Å². The standard InChI is InChI=1S/C63H115NO8/c1-3-5-7-9-11-13-15-17-19-21-23-24-25-26-27-28-29-30-31-32-33-34-35-36-38-40-42-44-46-48-50-52-57(66)56(55-71-63-62(70)61(69)60(68)58(54-65)72-63)64-59(67)53-51-49-47-45-43-41-39-37-22-20-18-16-14-12-10-8-6-4-2/h14,16,20,22,35-36,42,44,50,52,56-58,60-63,65-66,68-70H,3-13,15,17-19,21,23-34,37-41,43,45-49,51,53-55H2,1-2H3,(H,64,67)/b16-14-,22-20-,36-35+,44-42+,52-50+. The third kappa shape index (κ3) is 41.2. The fraction of sp³-hybridized carbons (Fsp3) is 0.825. The predicted molar refractivity (Wildman–Crippen MR) is 304 cm³/mol. The molecule has 0 radical (unpaired) electrons. The molecule has 1 saturated heterocycles. The molecule has 1 aliphatic heterocycles. The Morgan fingerprint density at radius 2 is 0.833 bits per heavy atom. The van der Waals surface area contributed by atoms with Crippen molar-refractivity contribution in [2.24, 2.45) is 0 Å². The molecule has 9 heteroatoms. The number of rotatable bonds is 52. The van der Waals surface area contributed by atoms with E-state index in [1.807, 2.05) is 6.08 Å². The van der Waals surface area contributed by atoms with Crippen LogP contribution >= 0.6 is 0 Å². The van der Waals surface area contributed by atoms with Crippen LogP contribution < -0.4 is 5.32 Å². The summed E-state index contributed by atoms with van der Waals surface area (Å²) in [7, 11) is 0. The molecule has 0 saturated carbocycles. The second kappa shape index (κ2) is 52.3. The number of unbranched alkanes of at least 4 members (excludes halogenated alkanes) is 34. The molecule has 0 bridgehead atoms. The van der Waals surface area contributed by atoms with Gasteiger partial charge in [-0.15, -0.1) is 0 Å². The first-order chi connectivity index (χ1) is 35.3. The molecule has 0 spiro atoms. The molecule has 72 heavy (non-hydrogen) atoms. The summed E-state index contributed by atoms with van der Waals surface area (Å²) in [6.45, 7) is 3.76. The third-order valence-electron chi connectivity index (χ3n) is 14.3. The van der Waals surface area contributed by atoms with Crippen LogP contribution in [-0.2, 0) is 14.3 Å². The maximum Gasteiger partial charge on any atom is 0.220 e. The lowest BCUT2D eigenvalue weighted by atomic mass is 9.99. The number of hydrogen-bond acceptors (Lipinski definition) is 8. The van der Waals surface area contributed by atoms with Crippen LogP contribution in [0, 0.1) is 0 Å². The summed E-state index contributed by atoms with van der Waals surface area (Å²) in [5.74, 6) is -0.198. The summed E-state index contributed by atoms with van der Waals surface area (Å²) >= 11 is 0. The van der Waals surface area contributed by atoms with E-state index in [1.54, 1.807) is 6.08 Å². The maximum absolute atomic E-state index is 13.0. The lowest BCUT2D eigenvalue weighted by Gasteiger charge is -2.40. The van der Waals surface area contributed by atoms with Crippen molar-refractivity contribution in [3.63, 3.8) is 0 Å². The molecule has 1 rings (SSSR count). The molecule has 1 heterocycles. The normalized spacial score (nSPS) is 19.6. The van der Waals surface area contributed by atoms with E-state index in [0.717, 1.165) is 64.2 Å². The zero-order valence-corrected chi connectivity index (χ0v) is 46.7. The van der Waals surface area contributed by atoms with Crippen molar-refractivity contribution in [3.05, 3.63) is 60.8 Å². The SMILES string of the molecule is CCCCCC/C=C\C/C=C\CCCCCCCCCC(=O)NC(COC1OC(CO)C(O)C(O)C1O)C(O)/C=C/CC/C=C/CC/C=C/CCCCCCCCCCCCCCCCCCCCCCC. The van der Waals surface area contributed by atoms with Crippen molar-refractivity contribution in [1.29, 1.82) is 0 Å². The van der Waals surface area contributed by atoms with E-state index in [9.17, 15) is 30.3 Å². The number of carbonyl (C=O) groups is 1. The predicted octanol–water partition coefficient (Wildman–Crippen LogP) is 15.5. The molecule has 1 fully saturated rings. The minimum Gasteiger partial charge on any atom is -0.394 e. The summed E-state index contributed by atoms with van der Waals surface area (Å²) in [5, 5.41) is 54.5. The van der Waals surface area contributed by atoms with E-state index in [1.165, 1.54) is 193 Å². The van der Waals surface area contributed by atoms with E-state index >= 15 is 0 Å². The van der Waals surface area contributed by atoms with Gasteiger partial charge in [-0.05, 0) is 77.0 Å². The Kier molecular flexibility index (Phi) is 49.4. The second-order valence-corrected chi connectivity index (χ2v) is 21.1. The first-order valence-electron chi connectivity index (χ1n) is 30.5. The zero-order valence-electron chi connectivity index (χ0n) is 46.7. The average Bonchev–Trinajstić information content (AvgIpc) is 3.38. The molecule has 6 N–H and O–H groups in total. The highest BCUT2D eigenvalue weighted by molar-refractivity contribution is 5.76. The van der Waals surface area contributed by atoms with Gasteiger partial charge in [-0.3, -0.25) is 4.79 Å². The van der Waals surface area contributed by atoms with Crippen molar-refractivity contribution >= 4 is 5.91 Å². The zero-order chi connectivity index (χ0) is 52.2. The Bertz CT molecular complexity index is 1310. The van der Waals surface area contributed by atoms with Gasteiger partial charge >= 0.3 is 0 Å². The van der Waals surface area contributed by atoms with Crippen LogP contribution in [0.4, 0.5) is 0 Å². The number of hydrogen-bond donors (Lipinski definition) is 6. The molecule has 1 amide bonds. The van der Waals surface area contributed by atoms with Crippen LogP contribution in [0.25, 0.3) is 0 Å². The number of ether oxygens (including phenoxy) is 2. The van der Waals surface area contributed by atoms with Gasteiger partial charge in [0.1, 0.15) is 24.4 Å². The average molecular weight is 1010 g/mol. The van der Waals surface area contributed by atoms with Gasteiger partial charge in [0, 0.05) is 6.42 Å². The molecular weight excluding hydrogens is 899 g/mol. The Balaban J connectivity index is 2.22. The smallest absolute Gasteiger partial charge is 0.220 e. The first kappa shape index (κ1) is 67.9. The number of nitrogens with one attached hydrogen (secondary N) is 1. The van der Waals surface area contributed by atoms with Crippen LogP contribution in [0.5, 0.6) is 0 Å². The molecule has 7 unspecified atom stereocenters.